The Kier molecular flexibility index (Phi) is 1.61. The molecular weight excluding hydrogens is 190 g/mol. The molecule has 2 heterocycles. The van der Waals surface area contributed by atoms with E-state index in [1.54, 1.807) is 18.3 Å². The van der Waals surface area contributed by atoms with Gasteiger partial charge in [-0.15, -0.1) is 0 Å². The van der Waals surface area contributed by atoms with Crippen molar-refractivity contribution in [2.24, 2.45) is 5.14 Å². The summed E-state index contributed by atoms with van der Waals surface area (Å²) in [6, 6.07) is 4.74. The molecule has 0 saturated carbocycles. The third-order valence-corrected chi connectivity index (χ3v) is 2.60. The first-order chi connectivity index (χ1) is 6.09. The third kappa shape index (κ3) is 1.30. The Bertz CT molecular complexity index is 544. The summed E-state index contributed by atoms with van der Waals surface area (Å²) in [6.07, 6.45) is 3.07. The standard InChI is InChI=1S/C7H7N3O2S/c8-13(11,12)7-3-1-2-6-9-4-5-10(6)7/h1-5H,(H2,8,11,12). The summed E-state index contributed by atoms with van der Waals surface area (Å²) in [5.74, 6) is 0. The van der Waals surface area contributed by atoms with E-state index in [4.69, 9.17) is 5.14 Å². The lowest BCUT2D eigenvalue weighted by atomic mass is 10.5. The summed E-state index contributed by atoms with van der Waals surface area (Å²) in [4.78, 5) is 3.94. The summed E-state index contributed by atoms with van der Waals surface area (Å²) in [7, 11) is -3.68. The van der Waals surface area contributed by atoms with Crippen molar-refractivity contribution in [1.82, 2.24) is 9.38 Å². The Morgan fingerprint density at radius 3 is 2.85 bits per heavy atom. The van der Waals surface area contributed by atoms with Gasteiger partial charge in [-0.2, -0.15) is 0 Å². The molecule has 6 heteroatoms. The first-order valence-electron chi connectivity index (χ1n) is 3.54. The highest BCUT2D eigenvalue weighted by Gasteiger charge is 2.11. The van der Waals surface area contributed by atoms with Crippen LogP contribution in [0.2, 0.25) is 0 Å². The zero-order valence-electron chi connectivity index (χ0n) is 6.58. The van der Waals surface area contributed by atoms with Crippen molar-refractivity contribution in [3.8, 4) is 0 Å². The van der Waals surface area contributed by atoms with Gasteiger partial charge in [0.1, 0.15) is 5.65 Å². The molecule has 0 saturated heterocycles. The van der Waals surface area contributed by atoms with Gasteiger partial charge in [0.25, 0.3) is 10.0 Å². The van der Waals surface area contributed by atoms with Crippen LogP contribution in [0.25, 0.3) is 5.65 Å². The summed E-state index contributed by atoms with van der Waals surface area (Å²) in [5.41, 5.74) is 0.562. The molecule has 0 aromatic carbocycles. The topological polar surface area (TPSA) is 77.5 Å². The average molecular weight is 197 g/mol. The first kappa shape index (κ1) is 8.21. The fourth-order valence-electron chi connectivity index (χ4n) is 1.15. The second-order valence-electron chi connectivity index (χ2n) is 2.56. The van der Waals surface area contributed by atoms with Crippen LogP contribution in [0.4, 0.5) is 0 Å². The third-order valence-electron chi connectivity index (χ3n) is 1.68. The van der Waals surface area contributed by atoms with E-state index in [0.29, 0.717) is 5.65 Å². The maximum absolute atomic E-state index is 11.1. The summed E-state index contributed by atoms with van der Waals surface area (Å²) >= 11 is 0. The van der Waals surface area contributed by atoms with Crippen LogP contribution in [0.15, 0.2) is 35.6 Å². The summed E-state index contributed by atoms with van der Waals surface area (Å²) in [6.45, 7) is 0. The van der Waals surface area contributed by atoms with Crippen LogP contribution < -0.4 is 5.14 Å². The van der Waals surface area contributed by atoms with Crippen LogP contribution in [0.1, 0.15) is 0 Å². The zero-order valence-corrected chi connectivity index (χ0v) is 7.40. The second kappa shape index (κ2) is 2.54. The number of imidazole rings is 1. The van der Waals surface area contributed by atoms with Crippen molar-refractivity contribution in [3.05, 3.63) is 30.6 Å². The Labute approximate surface area is 74.9 Å². The number of aromatic nitrogens is 2. The molecule has 0 spiro atoms. The van der Waals surface area contributed by atoms with Crippen molar-refractivity contribution in [1.29, 1.82) is 0 Å². The number of nitrogens with two attached hydrogens (primary N) is 1. The molecule has 0 bridgehead atoms. The molecular formula is C7H7N3O2S. The monoisotopic (exact) mass is 197 g/mol. The minimum Gasteiger partial charge on any atom is -0.289 e. The van der Waals surface area contributed by atoms with Gasteiger partial charge in [0.2, 0.25) is 0 Å². The van der Waals surface area contributed by atoms with E-state index in [2.05, 4.69) is 4.98 Å². The molecule has 0 atom stereocenters. The average Bonchev–Trinajstić information content (AvgIpc) is 2.48. The van der Waals surface area contributed by atoms with Crippen LogP contribution in [-0.4, -0.2) is 17.8 Å². The van der Waals surface area contributed by atoms with Gasteiger partial charge in [0.05, 0.1) is 0 Å². The van der Waals surface area contributed by atoms with E-state index < -0.39 is 10.0 Å². The maximum atomic E-state index is 11.1. The fraction of sp³-hybridized carbons (Fsp3) is 0. The van der Waals surface area contributed by atoms with Crippen LogP contribution in [-0.2, 0) is 10.0 Å². The number of hydrogen-bond donors (Lipinski definition) is 1. The molecule has 2 rings (SSSR count). The molecule has 0 fully saturated rings. The zero-order chi connectivity index (χ0) is 9.47. The first-order valence-corrected chi connectivity index (χ1v) is 5.08. The normalized spacial score (nSPS) is 12.1. The predicted molar refractivity (Wildman–Crippen MR) is 46.6 cm³/mol. The number of pyridine rings is 1. The Morgan fingerprint density at radius 1 is 1.38 bits per heavy atom. The Morgan fingerprint density at radius 2 is 2.15 bits per heavy atom. The lowest BCUT2D eigenvalue weighted by Gasteiger charge is -2.00. The fourth-order valence-corrected chi connectivity index (χ4v) is 1.85. The van der Waals surface area contributed by atoms with Gasteiger partial charge in [-0.25, -0.2) is 18.5 Å². The van der Waals surface area contributed by atoms with E-state index in [9.17, 15) is 8.42 Å². The van der Waals surface area contributed by atoms with Crippen molar-refractivity contribution in [2.45, 2.75) is 5.03 Å². The minimum absolute atomic E-state index is 0.0440. The number of fused-ring (bicyclic) bond motifs is 1. The minimum atomic E-state index is -3.68. The van der Waals surface area contributed by atoms with Gasteiger partial charge in [0.15, 0.2) is 5.03 Å². The molecule has 2 aromatic heterocycles. The largest absolute Gasteiger partial charge is 0.289 e. The van der Waals surface area contributed by atoms with E-state index in [-0.39, 0.29) is 5.03 Å². The quantitative estimate of drug-likeness (QED) is 0.698. The summed E-state index contributed by atoms with van der Waals surface area (Å²) in [5, 5.41) is 5.05. The molecule has 68 valence electrons. The van der Waals surface area contributed by atoms with Crippen molar-refractivity contribution in [2.75, 3.05) is 0 Å². The van der Waals surface area contributed by atoms with Gasteiger partial charge in [0, 0.05) is 12.4 Å². The number of hydrogen-bond acceptors (Lipinski definition) is 3. The Hall–Kier alpha value is -1.40. The van der Waals surface area contributed by atoms with Crippen LogP contribution >= 0.6 is 0 Å². The summed E-state index contributed by atoms with van der Waals surface area (Å²) < 4.78 is 23.6. The highest BCUT2D eigenvalue weighted by atomic mass is 32.2. The number of sulfonamides is 1. The molecule has 2 aromatic rings. The van der Waals surface area contributed by atoms with Gasteiger partial charge < -0.3 is 0 Å². The molecule has 0 amide bonds. The van der Waals surface area contributed by atoms with Gasteiger partial charge >= 0.3 is 0 Å². The highest BCUT2D eigenvalue weighted by Crippen LogP contribution is 2.09. The van der Waals surface area contributed by atoms with Crippen LogP contribution in [0.3, 0.4) is 0 Å². The highest BCUT2D eigenvalue weighted by molar-refractivity contribution is 7.89. The van der Waals surface area contributed by atoms with Crippen LogP contribution in [0.5, 0.6) is 0 Å². The molecule has 0 aliphatic heterocycles. The molecule has 0 aliphatic rings. The van der Waals surface area contributed by atoms with Crippen molar-refractivity contribution in [3.63, 3.8) is 0 Å². The number of rotatable bonds is 1. The second-order valence-corrected chi connectivity index (χ2v) is 4.07. The van der Waals surface area contributed by atoms with Gasteiger partial charge in [-0.1, -0.05) is 6.07 Å². The molecule has 13 heavy (non-hydrogen) atoms. The van der Waals surface area contributed by atoms with E-state index in [1.807, 2.05) is 0 Å². The van der Waals surface area contributed by atoms with Crippen molar-refractivity contribution < 1.29 is 8.42 Å². The molecule has 0 aliphatic carbocycles. The molecule has 0 unspecified atom stereocenters. The van der Waals surface area contributed by atoms with Crippen LogP contribution in [0, 0.1) is 0 Å². The molecule has 5 nitrogen and oxygen atoms in total. The number of nitrogens with zero attached hydrogens (tertiary/aromatic N) is 2. The molecule has 2 N–H and O–H groups in total. The van der Waals surface area contributed by atoms with Crippen molar-refractivity contribution >= 4 is 15.7 Å². The van der Waals surface area contributed by atoms with Gasteiger partial charge in [-0.3, -0.25) is 4.40 Å². The lowest BCUT2D eigenvalue weighted by Crippen LogP contribution is -2.15. The van der Waals surface area contributed by atoms with Gasteiger partial charge in [-0.05, 0) is 12.1 Å². The lowest BCUT2D eigenvalue weighted by molar-refractivity contribution is 0.592. The predicted octanol–water partition coefficient (Wildman–Crippen LogP) is -0.0183. The maximum Gasteiger partial charge on any atom is 0.254 e. The van der Waals surface area contributed by atoms with E-state index in [1.165, 1.54) is 16.7 Å². The van der Waals surface area contributed by atoms with E-state index >= 15 is 0 Å². The SMILES string of the molecule is NS(=O)(=O)c1cccc2nccn12. The Balaban J connectivity index is 2.91. The smallest absolute Gasteiger partial charge is 0.254 e. The molecule has 0 radical (unpaired) electrons. The van der Waals surface area contributed by atoms with E-state index in [0.717, 1.165) is 0 Å². The number of primary sulfonamides is 1.